The van der Waals surface area contributed by atoms with Crippen LogP contribution in [0.1, 0.15) is 28.4 Å². The SMILES string of the molecule is Cc1ccc(N)cc1C(=O)N1CCN(Cc2ccccc2)CC1C. The molecule has 2 aromatic rings. The van der Waals surface area contributed by atoms with Crippen molar-refractivity contribution < 1.29 is 4.79 Å². The van der Waals surface area contributed by atoms with Crippen LogP contribution in [0.4, 0.5) is 5.69 Å². The number of rotatable bonds is 3. The Bertz CT molecular complexity index is 714. The summed E-state index contributed by atoms with van der Waals surface area (Å²) in [5.41, 5.74) is 9.51. The summed E-state index contributed by atoms with van der Waals surface area (Å²) in [7, 11) is 0. The lowest BCUT2D eigenvalue weighted by Gasteiger charge is -2.40. The molecule has 4 heteroatoms. The maximum absolute atomic E-state index is 12.9. The molecule has 0 bridgehead atoms. The van der Waals surface area contributed by atoms with E-state index in [0.29, 0.717) is 5.69 Å². The number of carbonyl (C=O) groups excluding carboxylic acids is 1. The Hall–Kier alpha value is -2.33. The van der Waals surface area contributed by atoms with Crippen molar-refractivity contribution in [2.75, 3.05) is 25.4 Å². The first-order chi connectivity index (χ1) is 11.5. The van der Waals surface area contributed by atoms with E-state index in [1.807, 2.05) is 30.0 Å². The van der Waals surface area contributed by atoms with E-state index in [1.54, 1.807) is 6.07 Å². The van der Waals surface area contributed by atoms with Gasteiger partial charge in [0, 0.05) is 43.5 Å². The number of aryl methyl sites for hydroxylation is 1. The fourth-order valence-corrected chi connectivity index (χ4v) is 3.34. The van der Waals surface area contributed by atoms with Crippen LogP contribution in [0.25, 0.3) is 0 Å². The summed E-state index contributed by atoms with van der Waals surface area (Å²) in [5.74, 6) is 0.0895. The van der Waals surface area contributed by atoms with Gasteiger partial charge in [0.25, 0.3) is 5.91 Å². The van der Waals surface area contributed by atoms with Crippen molar-refractivity contribution in [3.05, 3.63) is 65.2 Å². The van der Waals surface area contributed by atoms with Crippen LogP contribution in [-0.2, 0) is 6.54 Å². The van der Waals surface area contributed by atoms with Gasteiger partial charge in [-0.2, -0.15) is 0 Å². The second kappa shape index (κ2) is 7.05. The van der Waals surface area contributed by atoms with Crippen LogP contribution < -0.4 is 5.73 Å². The molecule has 0 aliphatic carbocycles. The van der Waals surface area contributed by atoms with E-state index >= 15 is 0 Å². The van der Waals surface area contributed by atoms with Crippen molar-refractivity contribution in [2.24, 2.45) is 0 Å². The third-order valence-electron chi connectivity index (χ3n) is 4.71. The van der Waals surface area contributed by atoms with Gasteiger partial charge in [-0.05, 0) is 37.1 Å². The summed E-state index contributed by atoms with van der Waals surface area (Å²) in [6.45, 7) is 7.56. The first-order valence-electron chi connectivity index (χ1n) is 8.48. The molecule has 1 atom stereocenters. The third kappa shape index (κ3) is 3.60. The zero-order chi connectivity index (χ0) is 17.1. The molecule has 4 nitrogen and oxygen atoms in total. The summed E-state index contributed by atoms with van der Waals surface area (Å²) in [5, 5.41) is 0. The van der Waals surface area contributed by atoms with Gasteiger partial charge in [0.1, 0.15) is 0 Å². The van der Waals surface area contributed by atoms with Crippen LogP contribution in [0.15, 0.2) is 48.5 Å². The Morgan fingerprint density at radius 2 is 1.92 bits per heavy atom. The van der Waals surface area contributed by atoms with E-state index in [0.717, 1.165) is 37.3 Å². The lowest BCUT2D eigenvalue weighted by Crippen LogP contribution is -2.53. The number of benzene rings is 2. The number of piperazine rings is 1. The molecule has 24 heavy (non-hydrogen) atoms. The Morgan fingerprint density at radius 3 is 2.62 bits per heavy atom. The van der Waals surface area contributed by atoms with E-state index in [-0.39, 0.29) is 11.9 Å². The number of anilines is 1. The Morgan fingerprint density at radius 1 is 1.17 bits per heavy atom. The van der Waals surface area contributed by atoms with Gasteiger partial charge < -0.3 is 10.6 Å². The van der Waals surface area contributed by atoms with Gasteiger partial charge in [-0.15, -0.1) is 0 Å². The second-order valence-corrected chi connectivity index (χ2v) is 6.64. The van der Waals surface area contributed by atoms with Crippen molar-refractivity contribution in [3.63, 3.8) is 0 Å². The molecule has 0 saturated carbocycles. The molecule has 2 N–H and O–H groups in total. The van der Waals surface area contributed by atoms with E-state index in [4.69, 9.17) is 5.73 Å². The fraction of sp³-hybridized carbons (Fsp3) is 0.350. The quantitative estimate of drug-likeness (QED) is 0.884. The number of nitrogens with two attached hydrogens (primary N) is 1. The largest absolute Gasteiger partial charge is 0.399 e. The summed E-state index contributed by atoms with van der Waals surface area (Å²) >= 11 is 0. The van der Waals surface area contributed by atoms with Crippen LogP contribution in [0.3, 0.4) is 0 Å². The van der Waals surface area contributed by atoms with Crippen molar-refractivity contribution in [1.82, 2.24) is 9.80 Å². The average molecular weight is 323 g/mol. The maximum Gasteiger partial charge on any atom is 0.254 e. The molecule has 0 aromatic heterocycles. The summed E-state index contributed by atoms with van der Waals surface area (Å²) in [4.78, 5) is 17.3. The van der Waals surface area contributed by atoms with Crippen molar-refractivity contribution >= 4 is 11.6 Å². The van der Waals surface area contributed by atoms with Gasteiger partial charge in [-0.1, -0.05) is 36.4 Å². The third-order valence-corrected chi connectivity index (χ3v) is 4.71. The molecule has 1 fully saturated rings. The molecule has 1 aliphatic rings. The van der Waals surface area contributed by atoms with Crippen LogP contribution in [0.2, 0.25) is 0 Å². The summed E-state index contributed by atoms with van der Waals surface area (Å²) in [6.07, 6.45) is 0. The van der Waals surface area contributed by atoms with Gasteiger partial charge >= 0.3 is 0 Å². The predicted octanol–water partition coefficient (Wildman–Crippen LogP) is 2.92. The molecule has 1 amide bonds. The molecular weight excluding hydrogens is 298 g/mol. The van der Waals surface area contributed by atoms with E-state index in [1.165, 1.54) is 5.56 Å². The highest BCUT2D eigenvalue weighted by molar-refractivity contribution is 5.96. The van der Waals surface area contributed by atoms with Gasteiger partial charge in [0.2, 0.25) is 0 Å². The van der Waals surface area contributed by atoms with Gasteiger partial charge in [0.05, 0.1) is 0 Å². The zero-order valence-corrected chi connectivity index (χ0v) is 14.4. The fourth-order valence-electron chi connectivity index (χ4n) is 3.34. The molecule has 126 valence electrons. The van der Waals surface area contributed by atoms with Crippen LogP contribution >= 0.6 is 0 Å². The number of carbonyl (C=O) groups is 1. The number of nitrogens with zero attached hydrogens (tertiary/aromatic N) is 2. The molecule has 1 aliphatic heterocycles. The Labute approximate surface area is 143 Å². The molecule has 1 unspecified atom stereocenters. The zero-order valence-electron chi connectivity index (χ0n) is 14.4. The van der Waals surface area contributed by atoms with Gasteiger partial charge in [0.15, 0.2) is 0 Å². The maximum atomic E-state index is 12.9. The molecule has 3 rings (SSSR count). The topological polar surface area (TPSA) is 49.6 Å². The highest BCUT2D eigenvalue weighted by Gasteiger charge is 2.28. The first kappa shape index (κ1) is 16.5. The minimum atomic E-state index is 0.0895. The monoisotopic (exact) mass is 323 g/mol. The van der Waals surface area contributed by atoms with Crippen LogP contribution in [-0.4, -0.2) is 41.4 Å². The highest BCUT2D eigenvalue weighted by atomic mass is 16.2. The Kier molecular flexibility index (Phi) is 4.86. The number of hydrogen-bond acceptors (Lipinski definition) is 3. The second-order valence-electron chi connectivity index (χ2n) is 6.64. The standard InChI is InChI=1S/C20H25N3O/c1-15-8-9-18(21)12-19(15)20(24)23-11-10-22(13-16(23)2)14-17-6-4-3-5-7-17/h3-9,12,16H,10-11,13-14,21H2,1-2H3. The summed E-state index contributed by atoms with van der Waals surface area (Å²) in [6, 6.07) is 16.2. The normalized spacial score (nSPS) is 18.6. The molecule has 0 radical (unpaired) electrons. The average Bonchev–Trinajstić information content (AvgIpc) is 2.57. The van der Waals surface area contributed by atoms with E-state index in [2.05, 4.69) is 36.1 Å². The smallest absolute Gasteiger partial charge is 0.254 e. The molecule has 1 heterocycles. The summed E-state index contributed by atoms with van der Waals surface area (Å²) < 4.78 is 0. The number of amides is 1. The molecule has 0 spiro atoms. The molecule has 2 aromatic carbocycles. The lowest BCUT2D eigenvalue weighted by atomic mass is 10.0. The number of hydrogen-bond donors (Lipinski definition) is 1. The lowest BCUT2D eigenvalue weighted by molar-refractivity contribution is 0.0475. The van der Waals surface area contributed by atoms with Crippen molar-refractivity contribution in [3.8, 4) is 0 Å². The van der Waals surface area contributed by atoms with Crippen molar-refractivity contribution in [2.45, 2.75) is 26.4 Å². The van der Waals surface area contributed by atoms with E-state index < -0.39 is 0 Å². The van der Waals surface area contributed by atoms with Crippen LogP contribution in [0.5, 0.6) is 0 Å². The first-order valence-corrected chi connectivity index (χ1v) is 8.48. The minimum absolute atomic E-state index is 0.0895. The minimum Gasteiger partial charge on any atom is -0.399 e. The highest BCUT2D eigenvalue weighted by Crippen LogP contribution is 2.19. The molecular formula is C20H25N3O. The van der Waals surface area contributed by atoms with Gasteiger partial charge in [-0.25, -0.2) is 0 Å². The van der Waals surface area contributed by atoms with Gasteiger partial charge in [-0.3, -0.25) is 9.69 Å². The number of nitrogen functional groups attached to an aromatic ring is 1. The Balaban J connectivity index is 1.67. The molecule has 1 saturated heterocycles. The van der Waals surface area contributed by atoms with E-state index in [9.17, 15) is 4.79 Å². The predicted molar refractivity (Wildman–Crippen MR) is 97.8 cm³/mol. The van der Waals surface area contributed by atoms with Crippen LogP contribution in [0, 0.1) is 6.92 Å². The van der Waals surface area contributed by atoms with Crippen molar-refractivity contribution in [1.29, 1.82) is 0 Å².